The number of pyridine rings is 1. The van der Waals surface area contributed by atoms with E-state index in [1.807, 2.05) is 12.3 Å². The molecule has 1 saturated heterocycles. The molecule has 16 heavy (non-hydrogen) atoms. The minimum absolute atomic E-state index is 0.577. The van der Waals surface area contributed by atoms with E-state index >= 15 is 0 Å². The van der Waals surface area contributed by atoms with Crippen molar-refractivity contribution >= 4 is 0 Å². The van der Waals surface area contributed by atoms with Crippen LogP contribution in [0.15, 0.2) is 18.3 Å². The normalized spacial score (nSPS) is 21.5. The van der Waals surface area contributed by atoms with Crippen molar-refractivity contribution in [3.05, 3.63) is 29.6 Å². The van der Waals surface area contributed by atoms with Crippen molar-refractivity contribution in [3.63, 3.8) is 0 Å². The second kappa shape index (κ2) is 5.44. The molecule has 0 amide bonds. The molecule has 0 radical (unpaired) electrons. The summed E-state index contributed by atoms with van der Waals surface area (Å²) < 4.78 is 0. The standard InChI is InChI=1S/C14H22N2/c1-3-4-10-16-11-6-8-13(16)14-12(2)7-5-9-15-14/h5,7,9,13H,3-4,6,8,10-11H2,1-2H3/t13-/m1/s1. The molecule has 2 nitrogen and oxygen atoms in total. The predicted molar refractivity (Wildman–Crippen MR) is 67.4 cm³/mol. The number of rotatable bonds is 4. The van der Waals surface area contributed by atoms with E-state index in [1.54, 1.807) is 0 Å². The topological polar surface area (TPSA) is 16.1 Å². The molecule has 2 rings (SSSR count). The van der Waals surface area contributed by atoms with Crippen molar-refractivity contribution in [3.8, 4) is 0 Å². The quantitative estimate of drug-likeness (QED) is 0.770. The van der Waals surface area contributed by atoms with Crippen molar-refractivity contribution in [1.82, 2.24) is 9.88 Å². The van der Waals surface area contributed by atoms with E-state index in [0.29, 0.717) is 6.04 Å². The molecule has 1 aromatic rings. The van der Waals surface area contributed by atoms with Crippen LogP contribution in [0.2, 0.25) is 0 Å². The second-order valence-corrected chi connectivity index (χ2v) is 4.75. The first-order valence-corrected chi connectivity index (χ1v) is 6.48. The van der Waals surface area contributed by atoms with Crippen molar-refractivity contribution in [2.75, 3.05) is 13.1 Å². The van der Waals surface area contributed by atoms with Gasteiger partial charge < -0.3 is 0 Å². The lowest BCUT2D eigenvalue weighted by molar-refractivity contribution is 0.248. The summed E-state index contributed by atoms with van der Waals surface area (Å²) in [5, 5.41) is 0. The highest BCUT2D eigenvalue weighted by molar-refractivity contribution is 5.21. The van der Waals surface area contributed by atoms with E-state index in [4.69, 9.17) is 0 Å². The monoisotopic (exact) mass is 218 g/mol. The average Bonchev–Trinajstić information content (AvgIpc) is 2.75. The van der Waals surface area contributed by atoms with Crippen LogP contribution in [-0.2, 0) is 0 Å². The van der Waals surface area contributed by atoms with Crippen LogP contribution in [0.1, 0.15) is 49.9 Å². The van der Waals surface area contributed by atoms with Gasteiger partial charge in [0, 0.05) is 6.20 Å². The second-order valence-electron chi connectivity index (χ2n) is 4.75. The summed E-state index contributed by atoms with van der Waals surface area (Å²) in [6, 6.07) is 4.79. The van der Waals surface area contributed by atoms with Gasteiger partial charge in [0.15, 0.2) is 0 Å². The lowest BCUT2D eigenvalue weighted by Gasteiger charge is -2.24. The molecule has 0 aliphatic carbocycles. The Morgan fingerprint density at radius 2 is 2.38 bits per heavy atom. The Balaban J connectivity index is 2.10. The molecule has 1 fully saturated rings. The molecule has 1 aromatic heterocycles. The number of hydrogen-bond donors (Lipinski definition) is 0. The number of aryl methyl sites for hydroxylation is 1. The number of likely N-dealkylation sites (tertiary alicyclic amines) is 1. The van der Waals surface area contributed by atoms with Crippen LogP contribution in [0, 0.1) is 6.92 Å². The van der Waals surface area contributed by atoms with Gasteiger partial charge >= 0.3 is 0 Å². The molecule has 0 spiro atoms. The summed E-state index contributed by atoms with van der Waals surface area (Å²) in [6.07, 6.45) is 7.12. The largest absolute Gasteiger partial charge is 0.295 e. The number of unbranched alkanes of at least 4 members (excludes halogenated alkanes) is 1. The van der Waals surface area contributed by atoms with Crippen molar-refractivity contribution in [2.45, 2.75) is 45.6 Å². The minimum atomic E-state index is 0.577. The predicted octanol–water partition coefficient (Wildman–Crippen LogP) is 3.33. The van der Waals surface area contributed by atoms with E-state index < -0.39 is 0 Å². The van der Waals surface area contributed by atoms with Gasteiger partial charge in [-0.2, -0.15) is 0 Å². The van der Waals surface area contributed by atoms with Crippen LogP contribution in [0.25, 0.3) is 0 Å². The van der Waals surface area contributed by atoms with Crippen LogP contribution in [0.3, 0.4) is 0 Å². The van der Waals surface area contributed by atoms with Crippen LogP contribution in [0.4, 0.5) is 0 Å². The van der Waals surface area contributed by atoms with E-state index in [9.17, 15) is 0 Å². The van der Waals surface area contributed by atoms with Crippen molar-refractivity contribution in [1.29, 1.82) is 0 Å². The van der Waals surface area contributed by atoms with Crippen LogP contribution in [-0.4, -0.2) is 23.0 Å². The third-order valence-corrected chi connectivity index (χ3v) is 3.53. The lowest BCUT2D eigenvalue weighted by atomic mass is 10.1. The molecule has 0 unspecified atom stereocenters. The fourth-order valence-corrected chi connectivity index (χ4v) is 2.61. The Morgan fingerprint density at radius 1 is 1.50 bits per heavy atom. The fourth-order valence-electron chi connectivity index (χ4n) is 2.61. The molecular weight excluding hydrogens is 196 g/mol. The van der Waals surface area contributed by atoms with Gasteiger partial charge in [-0.15, -0.1) is 0 Å². The van der Waals surface area contributed by atoms with E-state index in [0.717, 1.165) is 0 Å². The molecule has 0 aromatic carbocycles. The van der Waals surface area contributed by atoms with Crippen molar-refractivity contribution < 1.29 is 0 Å². The maximum Gasteiger partial charge on any atom is 0.0604 e. The highest BCUT2D eigenvalue weighted by atomic mass is 15.2. The van der Waals surface area contributed by atoms with Gasteiger partial charge in [0.1, 0.15) is 0 Å². The number of aromatic nitrogens is 1. The Morgan fingerprint density at radius 3 is 3.12 bits per heavy atom. The van der Waals surface area contributed by atoms with E-state index in [1.165, 1.54) is 50.0 Å². The third kappa shape index (κ3) is 2.43. The molecule has 1 aliphatic heterocycles. The van der Waals surface area contributed by atoms with Crippen molar-refractivity contribution in [2.24, 2.45) is 0 Å². The number of nitrogens with zero attached hydrogens (tertiary/aromatic N) is 2. The Labute approximate surface area is 98.7 Å². The summed E-state index contributed by atoms with van der Waals surface area (Å²) in [7, 11) is 0. The molecule has 2 heterocycles. The fraction of sp³-hybridized carbons (Fsp3) is 0.643. The van der Waals surface area contributed by atoms with Gasteiger partial charge in [-0.25, -0.2) is 0 Å². The first-order chi connectivity index (χ1) is 7.83. The van der Waals surface area contributed by atoms with Gasteiger partial charge in [-0.05, 0) is 50.9 Å². The molecule has 1 aliphatic rings. The zero-order valence-corrected chi connectivity index (χ0v) is 10.4. The third-order valence-electron chi connectivity index (χ3n) is 3.53. The smallest absolute Gasteiger partial charge is 0.0604 e. The van der Waals surface area contributed by atoms with Gasteiger partial charge in [0.2, 0.25) is 0 Å². The molecule has 88 valence electrons. The first kappa shape index (κ1) is 11.6. The summed E-state index contributed by atoms with van der Waals surface area (Å²) >= 11 is 0. The van der Waals surface area contributed by atoms with Crippen LogP contribution < -0.4 is 0 Å². The lowest BCUT2D eigenvalue weighted by Crippen LogP contribution is -2.25. The Hall–Kier alpha value is -0.890. The summed E-state index contributed by atoms with van der Waals surface area (Å²) in [4.78, 5) is 7.19. The maximum atomic E-state index is 4.58. The molecular formula is C14H22N2. The van der Waals surface area contributed by atoms with Gasteiger partial charge in [-0.3, -0.25) is 9.88 Å². The van der Waals surface area contributed by atoms with Gasteiger partial charge in [0.25, 0.3) is 0 Å². The zero-order valence-electron chi connectivity index (χ0n) is 10.4. The Kier molecular flexibility index (Phi) is 3.94. The molecule has 1 atom stereocenters. The minimum Gasteiger partial charge on any atom is -0.295 e. The van der Waals surface area contributed by atoms with Crippen LogP contribution in [0.5, 0.6) is 0 Å². The van der Waals surface area contributed by atoms with Gasteiger partial charge in [-0.1, -0.05) is 19.4 Å². The summed E-state index contributed by atoms with van der Waals surface area (Å²) in [5.74, 6) is 0. The Bertz CT molecular complexity index is 335. The SMILES string of the molecule is CCCCN1CCC[C@@H]1c1ncccc1C. The van der Waals surface area contributed by atoms with E-state index in [2.05, 4.69) is 29.8 Å². The highest BCUT2D eigenvalue weighted by Crippen LogP contribution is 2.32. The molecule has 0 bridgehead atoms. The molecule has 2 heteroatoms. The average molecular weight is 218 g/mol. The highest BCUT2D eigenvalue weighted by Gasteiger charge is 2.27. The van der Waals surface area contributed by atoms with E-state index in [-0.39, 0.29) is 0 Å². The number of hydrogen-bond acceptors (Lipinski definition) is 2. The summed E-state index contributed by atoms with van der Waals surface area (Å²) in [5.41, 5.74) is 2.65. The zero-order chi connectivity index (χ0) is 11.4. The van der Waals surface area contributed by atoms with Crippen LogP contribution >= 0.6 is 0 Å². The maximum absolute atomic E-state index is 4.58. The van der Waals surface area contributed by atoms with Gasteiger partial charge in [0.05, 0.1) is 11.7 Å². The molecule has 0 saturated carbocycles. The first-order valence-electron chi connectivity index (χ1n) is 6.48. The summed E-state index contributed by atoms with van der Waals surface area (Å²) in [6.45, 7) is 6.92. The molecule has 0 N–H and O–H groups in total.